The van der Waals surface area contributed by atoms with Gasteiger partial charge in [-0.15, -0.1) is 0 Å². The number of hydrogen-bond donors (Lipinski definition) is 0. The van der Waals surface area contributed by atoms with Crippen molar-refractivity contribution in [1.82, 2.24) is 0 Å². The Kier molecular flexibility index (Phi) is 6.79. The standard InChI is InChI=1S/C58H34O/c1-3-13-47-43(9-1)45-11-5-7-15-49(45)55-31-39(21-25-51(47)55)37-19-17-36-30-38(20-18-35(36)29-37)41-23-27-53-54-28-24-42(34-58(54)59-57(53)33-41)40-22-26-52-48-14-4-2-10-44(48)46-12-6-8-16-50(46)56(52)32-40/h1-34H. The molecule has 0 spiro atoms. The maximum Gasteiger partial charge on any atom is 0.136 e. The molecule has 0 fully saturated rings. The second-order valence-corrected chi connectivity index (χ2v) is 16.0. The lowest BCUT2D eigenvalue weighted by Crippen LogP contribution is -1.85. The summed E-state index contributed by atoms with van der Waals surface area (Å²) in [5.41, 5.74) is 8.90. The molecule has 0 aliphatic rings. The molecule has 1 aromatic heterocycles. The molecular weight excluding hydrogens is 713 g/mol. The van der Waals surface area contributed by atoms with Gasteiger partial charge in [0.2, 0.25) is 0 Å². The van der Waals surface area contributed by atoms with Gasteiger partial charge in [0.25, 0.3) is 0 Å². The third-order valence-corrected chi connectivity index (χ3v) is 12.8. The molecule has 0 saturated carbocycles. The fourth-order valence-corrected chi connectivity index (χ4v) is 9.92. The van der Waals surface area contributed by atoms with Crippen LogP contribution in [0.3, 0.4) is 0 Å². The summed E-state index contributed by atoms with van der Waals surface area (Å²) in [4.78, 5) is 0. The molecule has 0 unspecified atom stereocenters. The summed E-state index contributed by atoms with van der Waals surface area (Å²) in [6, 6.07) is 75.8. The zero-order valence-electron chi connectivity index (χ0n) is 32.0. The lowest BCUT2D eigenvalue weighted by Gasteiger charge is -2.12. The minimum Gasteiger partial charge on any atom is -0.456 e. The van der Waals surface area contributed by atoms with Gasteiger partial charge < -0.3 is 4.42 Å². The molecule has 272 valence electrons. The zero-order chi connectivity index (χ0) is 38.6. The van der Waals surface area contributed by atoms with Crippen molar-refractivity contribution in [3.8, 4) is 33.4 Å². The molecule has 1 nitrogen and oxygen atoms in total. The Hall–Kier alpha value is -7.74. The van der Waals surface area contributed by atoms with Crippen LogP contribution >= 0.6 is 0 Å². The summed E-state index contributed by atoms with van der Waals surface area (Å²) in [7, 11) is 0. The van der Waals surface area contributed by atoms with Crippen molar-refractivity contribution in [3.05, 3.63) is 206 Å². The van der Waals surface area contributed by atoms with E-state index in [9.17, 15) is 0 Å². The first-order chi connectivity index (χ1) is 29.2. The molecule has 0 atom stereocenters. The fourth-order valence-electron chi connectivity index (χ4n) is 9.92. The van der Waals surface area contributed by atoms with Crippen LogP contribution in [0.25, 0.3) is 131 Å². The lowest BCUT2D eigenvalue weighted by molar-refractivity contribution is 0.669. The average molecular weight is 747 g/mol. The molecule has 0 amide bonds. The molecule has 12 aromatic carbocycles. The Balaban J connectivity index is 0.851. The highest BCUT2D eigenvalue weighted by Crippen LogP contribution is 2.41. The minimum atomic E-state index is 0.901. The van der Waals surface area contributed by atoms with E-state index < -0.39 is 0 Å². The SMILES string of the molecule is c1ccc2c(c1)c1ccccc1c1cc(-c3ccc4cc(-c5ccc6c(c5)oc5cc(-c7ccc8c9ccccc9c9ccccc9c8c7)ccc56)ccc4c3)ccc21. The van der Waals surface area contributed by atoms with Gasteiger partial charge in [-0.05, 0) is 157 Å². The van der Waals surface area contributed by atoms with Gasteiger partial charge in [0.1, 0.15) is 11.2 Å². The molecule has 1 heteroatoms. The van der Waals surface area contributed by atoms with Crippen molar-refractivity contribution in [2.75, 3.05) is 0 Å². The molecule has 13 aromatic rings. The van der Waals surface area contributed by atoms with E-state index in [2.05, 4.69) is 206 Å². The molecular formula is C58H34O. The summed E-state index contributed by atoms with van der Waals surface area (Å²) in [6.07, 6.45) is 0. The first-order valence-electron chi connectivity index (χ1n) is 20.4. The quantitative estimate of drug-likeness (QED) is 0.164. The molecule has 0 aliphatic carbocycles. The van der Waals surface area contributed by atoms with E-state index in [-0.39, 0.29) is 0 Å². The smallest absolute Gasteiger partial charge is 0.136 e. The largest absolute Gasteiger partial charge is 0.456 e. The Morgan fingerprint density at radius 3 is 0.797 bits per heavy atom. The maximum atomic E-state index is 6.63. The fraction of sp³-hybridized carbons (Fsp3) is 0. The second kappa shape index (κ2) is 12.4. The van der Waals surface area contributed by atoms with Crippen molar-refractivity contribution in [1.29, 1.82) is 0 Å². The second-order valence-electron chi connectivity index (χ2n) is 16.0. The highest BCUT2D eigenvalue weighted by molar-refractivity contribution is 6.27. The van der Waals surface area contributed by atoms with Crippen LogP contribution in [0.1, 0.15) is 0 Å². The van der Waals surface area contributed by atoms with Crippen LogP contribution in [0, 0.1) is 0 Å². The Labute approximate surface area is 340 Å². The highest BCUT2D eigenvalue weighted by Gasteiger charge is 2.14. The molecule has 0 saturated heterocycles. The molecule has 0 N–H and O–H groups in total. The molecule has 1 heterocycles. The monoisotopic (exact) mass is 746 g/mol. The third kappa shape index (κ3) is 4.92. The summed E-state index contributed by atoms with van der Waals surface area (Å²) in [6.45, 7) is 0. The summed E-state index contributed by atoms with van der Waals surface area (Å²) < 4.78 is 6.63. The van der Waals surface area contributed by atoms with Gasteiger partial charge in [-0.25, -0.2) is 0 Å². The van der Waals surface area contributed by atoms with E-state index in [0.29, 0.717) is 0 Å². The van der Waals surface area contributed by atoms with Crippen LogP contribution in [0.5, 0.6) is 0 Å². The summed E-state index contributed by atoms with van der Waals surface area (Å²) in [5.74, 6) is 0. The Bertz CT molecular complexity index is 3830. The van der Waals surface area contributed by atoms with Gasteiger partial charge >= 0.3 is 0 Å². The lowest BCUT2D eigenvalue weighted by atomic mass is 9.91. The number of fused-ring (bicyclic) bond motifs is 16. The van der Waals surface area contributed by atoms with Gasteiger partial charge in [0.05, 0.1) is 0 Å². The average Bonchev–Trinajstić information content (AvgIpc) is 3.68. The van der Waals surface area contributed by atoms with Crippen molar-refractivity contribution >= 4 is 97.3 Å². The van der Waals surface area contributed by atoms with E-state index >= 15 is 0 Å². The van der Waals surface area contributed by atoms with Gasteiger partial charge in [-0.2, -0.15) is 0 Å². The van der Waals surface area contributed by atoms with E-state index in [1.807, 2.05) is 0 Å². The van der Waals surface area contributed by atoms with E-state index in [1.165, 1.54) is 97.7 Å². The van der Waals surface area contributed by atoms with E-state index in [4.69, 9.17) is 4.42 Å². The number of benzene rings is 12. The van der Waals surface area contributed by atoms with Crippen LogP contribution in [0.15, 0.2) is 211 Å². The van der Waals surface area contributed by atoms with Crippen LogP contribution < -0.4 is 0 Å². The highest BCUT2D eigenvalue weighted by atomic mass is 16.3. The van der Waals surface area contributed by atoms with Crippen molar-refractivity contribution in [2.45, 2.75) is 0 Å². The van der Waals surface area contributed by atoms with Gasteiger partial charge in [0.15, 0.2) is 0 Å². The first-order valence-corrected chi connectivity index (χ1v) is 20.4. The minimum absolute atomic E-state index is 0.901. The molecule has 59 heavy (non-hydrogen) atoms. The maximum absolute atomic E-state index is 6.63. The van der Waals surface area contributed by atoms with Crippen molar-refractivity contribution in [2.24, 2.45) is 0 Å². The summed E-state index contributed by atoms with van der Waals surface area (Å²) in [5, 5.41) is 20.2. The van der Waals surface area contributed by atoms with Gasteiger partial charge in [-0.1, -0.05) is 158 Å². The van der Waals surface area contributed by atoms with Gasteiger partial charge in [0, 0.05) is 10.8 Å². The normalized spacial score (nSPS) is 12.1. The van der Waals surface area contributed by atoms with Crippen LogP contribution in [-0.2, 0) is 0 Å². The van der Waals surface area contributed by atoms with E-state index in [1.54, 1.807) is 0 Å². The number of furan rings is 1. The topological polar surface area (TPSA) is 13.1 Å². The first kappa shape index (κ1) is 32.4. The number of hydrogen-bond acceptors (Lipinski definition) is 1. The predicted molar refractivity (Wildman–Crippen MR) is 253 cm³/mol. The van der Waals surface area contributed by atoms with Crippen molar-refractivity contribution < 1.29 is 4.42 Å². The Morgan fingerprint density at radius 1 is 0.186 bits per heavy atom. The van der Waals surface area contributed by atoms with Crippen LogP contribution in [-0.4, -0.2) is 0 Å². The molecule has 0 radical (unpaired) electrons. The Morgan fingerprint density at radius 2 is 0.441 bits per heavy atom. The van der Waals surface area contributed by atoms with Crippen LogP contribution in [0.2, 0.25) is 0 Å². The molecule has 0 aliphatic heterocycles. The predicted octanol–water partition coefficient (Wildman–Crippen LogP) is 16.7. The summed E-state index contributed by atoms with van der Waals surface area (Å²) >= 11 is 0. The zero-order valence-corrected chi connectivity index (χ0v) is 32.0. The van der Waals surface area contributed by atoms with Gasteiger partial charge in [-0.3, -0.25) is 0 Å². The van der Waals surface area contributed by atoms with Crippen LogP contribution in [0.4, 0.5) is 0 Å². The molecule has 13 rings (SSSR count). The van der Waals surface area contributed by atoms with Crippen molar-refractivity contribution in [3.63, 3.8) is 0 Å². The third-order valence-electron chi connectivity index (χ3n) is 12.8. The van der Waals surface area contributed by atoms with E-state index in [0.717, 1.165) is 33.1 Å². The molecule has 0 bridgehead atoms. The number of rotatable bonds is 3.